The maximum absolute atomic E-state index is 4.88. The minimum Gasteiger partial charge on any atom is -0.366 e. The first kappa shape index (κ1) is 15.7. The van der Waals surface area contributed by atoms with Crippen LogP contribution in [0.3, 0.4) is 0 Å². The standard InChI is InChI=1S/C20H23N5/c1-13(2)17-5-6-18-20(23-17)25(16-8-10-24(18)12-16)15(4)22-19-11-14(3)7-9-21-19/h5-7,9,11,16H,1,4,8,10,12H2,2-3H3,(H,21,22)/t16-/m0/s1. The molecule has 0 unspecified atom stereocenters. The number of nitrogens with one attached hydrogen (secondary N) is 1. The monoisotopic (exact) mass is 333 g/mol. The Bertz CT molecular complexity index is 857. The number of hydrogen-bond acceptors (Lipinski definition) is 5. The van der Waals surface area contributed by atoms with Gasteiger partial charge in [0.15, 0.2) is 5.82 Å². The van der Waals surface area contributed by atoms with Crippen molar-refractivity contribution in [2.24, 2.45) is 0 Å². The van der Waals surface area contributed by atoms with Crippen molar-refractivity contribution in [2.45, 2.75) is 26.3 Å². The fourth-order valence-corrected chi connectivity index (χ4v) is 3.61. The Morgan fingerprint density at radius 1 is 1.28 bits per heavy atom. The van der Waals surface area contributed by atoms with Gasteiger partial charge in [-0.15, -0.1) is 0 Å². The molecule has 1 N–H and O–H groups in total. The van der Waals surface area contributed by atoms with E-state index in [1.807, 2.05) is 25.3 Å². The molecule has 25 heavy (non-hydrogen) atoms. The molecule has 128 valence electrons. The van der Waals surface area contributed by atoms with Crippen LogP contribution < -0.4 is 15.1 Å². The van der Waals surface area contributed by atoms with E-state index in [0.29, 0.717) is 6.04 Å². The average Bonchev–Trinajstić information content (AvgIpc) is 2.99. The molecule has 0 saturated carbocycles. The fraction of sp³-hybridized carbons (Fsp3) is 0.300. The van der Waals surface area contributed by atoms with E-state index >= 15 is 0 Å². The normalized spacial score (nSPS) is 18.1. The highest BCUT2D eigenvalue weighted by Crippen LogP contribution is 2.41. The number of pyridine rings is 2. The Kier molecular flexibility index (Phi) is 3.71. The molecule has 2 aliphatic heterocycles. The summed E-state index contributed by atoms with van der Waals surface area (Å²) in [6.07, 6.45) is 2.91. The van der Waals surface area contributed by atoms with Crippen molar-refractivity contribution in [1.29, 1.82) is 0 Å². The largest absolute Gasteiger partial charge is 0.366 e. The highest BCUT2D eigenvalue weighted by atomic mass is 15.4. The number of fused-ring (bicyclic) bond motifs is 4. The summed E-state index contributed by atoms with van der Waals surface area (Å²) in [5.41, 5.74) is 4.22. The summed E-state index contributed by atoms with van der Waals surface area (Å²) in [7, 11) is 0. The van der Waals surface area contributed by atoms with Gasteiger partial charge in [-0.25, -0.2) is 9.97 Å². The molecule has 5 nitrogen and oxygen atoms in total. The number of aryl methyl sites for hydroxylation is 1. The molecule has 5 heteroatoms. The molecule has 1 fully saturated rings. The highest BCUT2D eigenvalue weighted by Gasteiger charge is 2.38. The second-order valence-corrected chi connectivity index (χ2v) is 6.87. The number of hydrogen-bond donors (Lipinski definition) is 1. The molecule has 1 atom stereocenters. The Balaban J connectivity index is 1.71. The molecule has 0 radical (unpaired) electrons. The highest BCUT2D eigenvalue weighted by molar-refractivity contribution is 5.77. The third kappa shape index (κ3) is 2.76. The van der Waals surface area contributed by atoms with Crippen molar-refractivity contribution >= 4 is 22.9 Å². The zero-order valence-electron chi connectivity index (χ0n) is 14.8. The smallest absolute Gasteiger partial charge is 0.158 e. The van der Waals surface area contributed by atoms with E-state index in [4.69, 9.17) is 4.98 Å². The van der Waals surface area contributed by atoms with Crippen LogP contribution in [0.2, 0.25) is 0 Å². The summed E-state index contributed by atoms with van der Waals surface area (Å²) in [6.45, 7) is 14.4. The SMILES string of the molecule is C=C(C)c1ccc2c(n1)N(C(=C)Nc1cc(C)ccn1)[C@H]1CCN2C1. The fourth-order valence-electron chi connectivity index (χ4n) is 3.61. The van der Waals surface area contributed by atoms with Gasteiger partial charge in [0.2, 0.25) is 0 Å². The minimum absolute atomic E-state index is 0.380. The zero-order valence-corrected chi connectivity index (χ0v) is 14.8. The lowest BCUT2D eigenvalue weighted by atomic mass is 10.1. The lowest BCUT2D eigenvalue weighted by Gasteiger charge is -2.38. The third-order valence-electron chi connectivity index (χ3n) is 4.87. The Morgan fingerprint density at radius 3 is 2.88 bits per heavy atom. The molecule has 0 amide bonds. The van der Waals surface area contributed by atoms with Crippen molar-refractivity contribution < 1.29 is 0 Å². The van der Waals surface area contributed by atoms with Crippen LogP contribution in [0, 0.1) is 6.92 Å². The maximum Gasteiger partial charge on any atom is 0.158 e. The predicted molar refractivity (Wildman–Crippen MR) is 104 cm³/mol. The second-order valence-electron chi connectivity index (χ2n) is 6.87. The van der Waals surface area contributed by atoms with Gasteiger partial charge in [-0.05, 0) is 55.7 Å². The van der Waals surface area contributed by atoms with Gasteiger partial charge in [-0.1, -0.05) is 13.2 Å². The Morgan fingerprint density at radius 2 is 2.12 bits per heavy atom. The van der Waals surface area contributed by atoms with Crippen LogP contribution in [-0.2, 0) is 0 Å². The van der Waals surface area contributed by atoms with E-state index in [1.165, 1.54) is 11.3 Å². The molecule has 4 rings (SSSR count). The van der Waals surface area contributed by atoms with Crippen molar-refractivity contribution in [3.05, 3.63) is 60.7 Å². The van der Waals surface area contributed by atoms with Crippen LogP contribution in [0.25, 0.3) is 5.57 Å². The van der Waals surface area contributed by atoms with Crippen molar-refractivity contribution in [2.75, 3.05) is 28.2 Å². The molecule has 4 heterocycles. The molecule has 2 aliphatic rings. The summed E-state index contributed by atoms with van der Waals surface area (Å²) in [6, 6.07) is 8.59. The molecule has 0 aliphatic carbocycles. The molecule has 0 spiro atoms. The molecule has 1 saturated heterocycles. The number of rotatable bonds is 4. The van der Waals surface area contributed by atoms with Crippen LogP contribution in [0.5, 0.6) is 0 Å². The minimum atomic E-state index is 0.380. The molecular weight excluding hydrogens is 310 g/mol. The molecule has 2 aromatic rings. The van der Waals surface area contributed by atoms with E-state index in [1.54, 1.807) is 0 Å². The van der Waals surface area contributed by atoms with Gasteiger partial charge in [0.05, 0.1) is 17.4 Å². The van der Waals surface area contributed by atoms with Gasteiger partial charge in [0, 0.05) is 19.3 Å². The molecule has 2 aromatic heterocycles. The summed E-state index contributed by atoms with van der Waals surface area (Å²) in [5.74, 6) is 2.58. The van der Waals surface area contributed by atoms with Gasteiger partial charge in [0.25, 0.3) is 0 Å². The molecule has 2 bridgehead atoms. The summed E-state index contributed by atoms with van der Waals surface area (Å²) in [4.78, 5) is 13.9. The van der Waals surface area contributed by atoms with E-state index < -0.39 is 0 Å². The first-order chi connectivity index (χ1) is 12.0. The Labute approximate surface area is 148 Å². The van der Waals surface area contributed by atoms with Gasteiger partial charge < -0.3 is 15.1 Å². The topological polar surface area (TPSA) is 44.3 Å². The first-order valence-electron chi connectivity index (χ1n) is 8.62. The van der Waals surface area contributed by atoms with Crippen LogP contribution >= 0.6 is 0 Å². The summed E-state index contributed by atoms with van der Waals surface area (Å²) in [5, 5.41) is 3.36. The van der Waals surface area contributed by atoms with Crippen molar-refractivity contribution in [3.8, 4) is 0 Å². The quantitative estimate of drug-likeness (QED) is 0.922. The predicted octanol–water partition coefficient (Wildman–Crippen LogP) is 3.80. The lowest BCUT2D eigenvalue weighted by molar-refractivity contribution is 0.676. The second kappa shape index (κ2) is 5.92. The van der Waals surface area contributed by atoms with E-state index in [-0.39, 0.29) is 0 Å². The zero-order chi connectivity index (χ0) is 17.6. The number of anilines is 3. The summed E-state index contributed by atoms with van der Waals surface area (Å²) >= 11 is 0. The van der Waals surface area contributed by atoms with Crippen LogP contribution in [-0.4, -0.2) is 29.1 Å². The number of allylic oxidation sites excluding steroid dienone is 1. The Hall–Kier alpha value is -2.82. The van der Waals surface area contributed by atoms with Gasteiger partial charge >= 0.3 is 0 Å². The number of aromatic nitrogens is 2. The van der Waals surface area contributed by atoms with Crippen LogP contribution in [0.1, 0.15) is 24.6 Å². The third-order valence-corrected chi connectivity index (χ3v) is 4.87. The van der Waals surface area contributed by atoms with Crippen molar-refractivity contribution in [1.82, 2.24) is 9.97 Å². The van der Waals surface area contributed by atoms with Crippen molar-refractivity contribution in [3.63, 3.8) is 0 Å². The molecular formula is C20H23N5. The van der Waals surface area contributed by atoms with E-state index in [2.05, 4.69) is 52.3 Å². The number of nitrogens with zero attached hydrogens (tertiary/aromatic N) is 4. The van der Waals surface area contributed by atoms with E-state index in [0.717, 1.165) is 48.2 Å². The van der Waals surface area contributed by atoms with Crippen LogP contribution in [0.4, 0.5) is 17.3 Å². The first-order valence-corrected chi connectivity index (χ1v) is 8.62. The van der Waals surface area contributed by atoms with Gasteiger partial charge in [-0.3, -0.25) is 0 Å². The van der Waals surface area contributed by atoms with Crippen LogP contribution in [0.15, 0.2) is 49.4 Å². The van der Waals surface area contributed by atoms with Gasteiger partial charge in [-0.2, -0.15) is 0 Å². The average molecular weight is 333 g/mol. The maximum atomic E-state index is 4.88. The molecule has 0 aromatic carbocycles. The van der Waals surface area contributed by atoms with Gasteiger partial charge in [0.1, 0.15) is 11.6 Å². The van der Waals surface area contributed by atoms with E-state index in [9.17, 15) is 0 Å². The lowest BCUT2D eigenvalue weighted by Crippen LogP contribution is -2.43. The summed E-state index contributed by atoms with van der Waals surface area (Å²) < 4.78 is 0.